The summed E-state index contributed by atoms with van der Waals surface area (Å²) in [6.07, 6.45) is 4.99. The second kappa shape index (κ2) is 4.10. The maximum Gasteiger partial charge on any atom is 0.180 e. The summed E-state index contributed by atoms with van der Waals surface area (Å²) in [6.45, 7) is 6.16. The van der Waals surface area contributed by atoms with Crippen molar-refractivity contribution in [3.05, 3.63) is 0 Å². The molecule has 0 unspecified atom stereocenters. The SMILES string of the molecule is C[Si](C)(C)C(=O)C#CC1CCCC1. The van der Waals surface area contributed by atoms with Crippen molar-refractivity contribution in [2.45, 2.75) is 45.3 Å². The van der Waals surface area contributed by atoms with E-state index >= 15 is 0 Å². The normalized spacial score (nSPS) is 18.1. The summed E-state index contributed by atoms with van der Waals surface area (Å²) in [6, 6.07) is 0. The van der Waals surface area contributed by atoms with E-state index in [-0.39, 0.29) is 5.41 Å². The van der Waals surface area contributed by atoms with Crippen LogP contribution in [-0.2, 0) is 4.79 Å². The first-order valence-electron chi connectivity index (χ1n) is 5.06. The Labute approximate surface area is 81.9 Å². The molecule has 1 aliphatic carbocycles. The molecule has 0 aliphatic heterocycles. The molecule has 1 rings (SSSR count). The highest BCUT2D eigenvalue weighted by molar-refractivity contribution is 7.05. The van der Waals surface area contributed by atoms with Crippen LogP contribution in [0.2, 0.25) is 19.6 Å². The standard InChI is InChI=1S/C11H18OSi/c1-13(2,3)11(12)9-8-10-6-4-5-7-10/h10H,4-7H2,1-3H3. The van der Waals surface area contributed by atoms with Gasteiger partial charge in [0.1, 0.15) is 8.07 Å². The molecule has 72 valence electrons. The van der Waals surface area contributed by atoms with E-state index in [1.54, 1.807) is 0 Å². The zero-order valence-electron chi connectivity index (χ0n) is 8.81. The van der Waals surface area contributed by atoms with E-state index in [2.05, 4.69) is 31.5 Å². The van der Waals surface area contributed by atoms with Gasteiger partial charge in [-0.1, -0.05) is 38.4 Å². The minimum absolute atomic E-state index is 0.208. The third-order valence-electron chi connectivity index (χ3n) is 2.43. The van der Waals surface area contributed by atoms with Gasteiger partial charge in [-0.05, 0) is 18.8 Å². The van der Waals surface area contributed by atoms with Gasteiger partial charge in [-0.25, -0.2) is 0 Å². The highest BCUT2D eigenvalue weighted by Crippen LogP contribution is 2.23. The molecule has 0 heterocycles. The van der Waals surface area contributed by atoms with Gasteiger partial charge < -0.3 is 0 Å². The zero-order chi connectivity index (χ0) is 9.90. The van der Waals surface area contributed by atoms with Crippen LogP contribution < -0.4 is 0 Å². The number of rotatable bonds is 1. The van der Waals surface area contributed by atoms with E-state index < -0.39 is 8.07 Å². The molecule has 0 aromatic rings. The first-order chi connectivity index (χ1) is 6.00. The molecule has 2 heteroatoms. The van der Waals surface area contributed by atoms with Crippen LogP contribution >= 0.6 is 0 Å². The summed E-state index contributed by atoms with van der Waals surface area (Å²) in [4.78, 5) is 11.5. The number of carbonyl (C=O) groups is 1. The van der Waals surface area contributed by atoms with Gasteiger partial charge in [0.25, 0.3) is 0 Å². The largest absolute Gasteiger partial charge is 0.291 e. The highest BCUT2D eigenvalue weighted by atomic mass is 28.3. The maximum absolute atomic E-state index is 11.5. The molecule has 0 saturated heterocycles. The number of hydrogen-bond acceptors (Lipinski definition) is 1. The molecule has 0 bridgehead atoms. The lowest BCUT2D eigenvalue weighted by molar-refractivity contribution is -0.107. The lowest BCUT2D eigenvalue weighted by Crippen LogP contribution is -2.32. The Morgan fingerprint density at radius 1 is 1.23 bits per heavy atom. The quantitative estimate of drug-likeness (QED) is 0.463. The molecule has 0 radical (unpaired) electrons. The van der Waals surface area contributed by atoms with Crippen molar-refractivity contribution in [3.8, 4) is 11.8 Å². The number of hydrogen-bond donors (Lipinski definition) is 0. The summed E-state index contributed by atoms with van der Waals surface area (Å²) >= 11 is 0. The molecule has 0 spiro atoms. The Kier molecular flexibility index (Phi) is 3.32. The summed E-state index contributed by atoms with van der Waals surface area (Å²) < 4.78 is 0. The molecular weight excluding hydrogens is 176 g/mol. The van der Waals surface area contributed by atoms with Crippen LogP contribution in [0.5, 0.6) is 0 Å². The van der Waals surface area contributed by atoms with Crippen molar-refractivity contribution in [1.82, 2.24) is 0 Å². The fourth-order valence-electron chi connectivity index (χ4n) is 1.43. The van der Waals surface area contributed by atoms with Gasteiger partial charge in [0.15, 0.2) is 5.41 Å². The average molecular weight is 194 g/mol. The van der Waals surface area contributed by atoms with Crippen LogP contribution in [0.1, 0.15) is 25.7 Å². The molecule has 1 nitrogen and oxygen atoms in total. The van der Waals surface area contributed by atoms with E-state index in [9.17, 15) is 4.79 Å². The van der Waals surface area contributed by atoms with Crippen LogP contribution in [0.15, 0.2) is 0 Å². The van der Waals surface area contributed by atoms with Crippen LogP contribution in [-0.4, -0.2) is 13.5 Å². The minimum Gasteiger partial charge on any atom is -0.291 e. The highest BCUT2D eigenvalue weighted by Gasteiger charge is 2.22. The van der Waals surface area contributed by atoms with Crippen molar-refractivity contribution < 1.29 is 4.79 Å². The van der Waals surface area contributed by atoms with Crippen molar-refractivity contribution in [2.24, 2.45) is 5.92 Å². The van der Waals surface area contributed by atoms with Crippen LogP contribution in [0.25, 0.3) is 0 Å². The van der Waals surface area contributed by atoms with Gasteiger partial charge in [0.2, 0.25) is 0 Å². The van der Waals surface area contributed by atoms with Crippen LogP contribution in [0, 0.1) is 17.8 Å². The second-order valence-corrected chi connectivity index (χ2v) is 9.78. The van der Waals surface area contributed by atoms with Gasteiger partial charge in [-0.3, -0.25) is 4.79 Å². The van der Waals surface area contributed by atoms with Crippen LogP contribution in [0.4, 0.5) is 0 Å². The third-order valence-corrected chi connectivity index (χ3v) is 3.91. The molecule has 0 amide bonds. The molecule has 1 aliphatic rings. The molecule has 0 aromatic carbocycles. The molecule has 1 saturated carbocycles. The Hall–Kier alpha value is -0.553. The number of carbonyl (C=O) groups excluding carboxylic acids is 1. The zero-order valence-corrected chi connectivity index (χ0v) is 9.81. The van der Waals surface area contributed by atoms with Gasteiger partial charge in [-0.2, -0.15) is 0 Å². The summed E-state index contributed by atoms with van der Waals surface area (Å²) in [5.41, 5.74) is 0. The van der Waals surface area contributed by atoms with Crippen molar-refractivity contribution in [2.75, 3.05) is 0 Å². The van der Waals surface area contributed by atoms with Crippen LogP contribution in [0.3, 0.4) is 0 Å². The van der Waals surface area contributed by atoms with E-state index in [4.69, 9.17) is 0 Å². The predicted octanol–water partition coefficient (Wildman–Crippen LogP) is 2.63. The molecule has 13 heavy (non-hydrogen) atoms. The Balaban J connectivity index is 2.51. The van der Waals surface area contributed by atoms with Crippen molar-refractivity contribution >= 4 is 13.5 Å². The fraction of sp³-hybridized carbons (Fsp3) is 0.727. The molecule has 1 fully saturated rings. The van der Waals surface area contributed by atoms with Gasteiger partial charge in [0.05, 0.1) is 0 Å². The molecule has 0 N–H and O–H groups in total. The summed E-state index contributed by atoms with van der Waals surface area (Å²) in [5, 5.41) is 0.208. The lowest BCUT2D eigenvalue weighted by Gasteiger charge is -2.07. The van der Waals surface area contributed by atoms with E-state index in [0.29, 0.717) is 5.92 Å². The Bertz CT molecular complexity index is 245. The first kappa shape index (κ1) is 10.5. The molecule has 0 aromatic heterocycles. The third kappa shape index (κ3) is 3.36. The first-order valence-corrected chi connectivity index (χ1v) is 8.56. The van der Waals surface area contributed by atoms with Gasteiger partial charge in [0, 0.05) is 5.92 Å². The minimum atomic E-state index is -1.65. The van der Waals surface area contributed by atoms with Gasteiger partial charge in [-0.15, -0.1) is 0 Å². The summed E-state index contributed by atoms with van der Waals surface area (Å²) in [5.74, 6) is 6.47. The maximum atomic E-state index is 11.5. The summed E-state index contributed by atoms with van der Waals surface area (Å²) in [7, 11) is -1.65. The smallest absolute Gasteiger partial charge is 0.180 e. The van der Waals surface area contributed by atoms with Crippen molar-refractivity contribution in [1.29, 1.82) is 0 Å². The average Bonchev–Trinajstić information content (AvgIpc) is 2.50. The monoisotopic (exact) mass is 194 g/mol. The Morgan fingerprint density at radius 2 is 1.77 bits per heavy atom. The van der Waals surface area contributed by atoms with Gasteiger partial charge >= 0.3 is 0 Å². The fourth-order valence-corrected chi connectivity index (χ4v) is 1.87. The molecule has 0 atom stereocenters. The second-order valence-electron chi connectivity index (χ2n) is 4.83. The lowest BCUT2D eigenvalue weighted by atomic mass is 10.1. The van der Waals surface area contributed by atoms with Crippen molar-refractivity contribution in [3.63, 3.8) is 0 Å². The van der Waals surface area contributed by atoms with E-state index in [1.807, 2.05) is 0 Å². The Morgan fingerprint density at radius 3 is 2.23 bits per heavy atom. The van der Waals surface area contributed by atoms with E-state index in [1.165, 1.54) is 25.7 Å². The van der Waals surface area contributed by atoms with E-state index in [0.717, 1.165) is 0 Å². The topological polar surface area (TPSA) is 17.1 Å². The molecular formula is C11H18OSi. The predicted molar refractivity (Wildman–Crippen MR) is 58.1 cm³/mol.